The van der Waals surface area contributed by atoms with E-state index in [1.807, 2.05) is 0 Å². The third kappa shape index (κ3) is 3.80. The molecule has 1 amide bonds. The van der Waals surface area contributed by atoms with Crippen molar-refractivity contribution < 1.29 is 14.7 Å². The molecule has 0 aromatic carbocycles. The molecule has 0 bridgehead atoms. The van der Waals surface area contributed by atoms with E-state index < -0.39 is 11.5 Å². The van der Waals surface area contributed by atoms with Gasteiger partial charge in [0.2, 0.25) is 0 Å². The molecule has 1 rings (SSSR count). The zero-order chi connectivity index (χ0) is 13.9. The van der Waals surface area contributed by atoms with Crippen LogP contribution in [0.25, 0.3) is 0 Å². The van der Waals surface area contributed by atoms with Crippen LogP contribution in [0.2, 0.25) is 0 Å². The Morgan fingerprint density at radius 1 is 1.44 bits per heavy atom. The molecule has 1 aromatic rings. The number of nitrogens with zero attached hydrogens (tertiary/aromatic N) is 2. The number of hydrogen-bond acceptors (Lipinski definition) is 3. The minimum atomic E-state index is -1.04. The van der Waals surface area contributed by atoms with Gasteiger partial charge in [0.15, 0.2) is 0 Å². The first kappa shape index (κ1) is 14.6. The molecule has 0 atom stereocenters. The Kier molecular flexibility index (Phi) is 4.45. The normalized spacial score (nSPS) is 11.1. The summed E-state index contributed by atoms with van der Waals surface area (Å²) < 4.78 is 0.539. The van der Waals surface area contributed by atoms with Gasteiger partial charge in [0.1, 0.15) is 11.1 Å². The molecule has 6 heteroatoms. The molecule has 98 valence electrons. The second-order valence-electron chi connectivity index (χ2n) is 4.82. The third-order valence-electron chi connectivity index (χ3n) is 2.32. The Morgan fingerprint density at radius 3 is 2.50 bits per heavy atom. The third-order valence-corrected chi connectivity index (χ3v) is 2.76. The molecule has 0 saturated carbocycles. The summed E-state index contributed by atoms with van der Waals surface area (Å²) >= 11 is 3.18. The maximum absolute atomic E-state index is 12.3. The monoisotopic (exact) mass is 314 g/mol. The summed E-state index contributed by atoms with van der Waals surface area (Å²) in [5, 5.41) is 8.88. The van der Waals surface area contributed by atoms with Gasteiger partial charge in [-0.25, -0.2) is 4.98 Å². The molecule has 0 aliphatic rings. The number of amides is 1. The van der Waals surface area contributed by atoms with E-state index in [-0.39, 0.29) is 12.5 Å². The molecule has 0 saturated heterocycles. The summed E-state index contributed by atoms with van der Waals surface area (Å²) in [7, 11) is 0. The van der Waals surface area contributed by atoms with Gasteiger partial charge in [-0.15, -0.1) is 0 Å². The number of aliphatic carboxylic acids is 1. The maximum Gasteiger partial charge on any atom is 0.323 e. The zero-order valence-electron chi connectivity index (χ0n) is 10.5. The predicted molar refractivity (Wildman–Crippen MR) is 70.4 cm³/mol. The van der Waals surface area contributed by atoms with Crippen LogP contribution in [0.4, 0.5) is 0 Å². The molecule has 0 aliphatic carbocycles. The molecule has 1 heterocycles. The summed E-state index contributed by atoms with van der Waals surface area (Å²) in [6.07, 6.45) is 1.50. The van der Waals surface area contributed by atoms with E-state index in [4.69, 9.17) is 5.11 Å². The summed E-state index contributed by atoms with van der Waals surface area (Å²) in [6.45, 7) is 5.06. The van der Waals surface area contributed by atoms with Gasteiger partial charge in [-0.2, -0.15) is 0 Å². The van der Waals surface area contributed by atoms with Gasteiger partial charge >= 0.3 is 5.97 Å². The molecule has 0 spiro atoms. The van der Waals surface area contributed by atoms with Gasteiger partial charge in [0, 0.05) is 17.3 Å². The van der Waals surface area contributed by atoms with Crippen LogP contribution < -0.4 is 0 Å². The van der Waals surface area contributed by atoms with E-state index in [0.717, 1.165) is 0 Å². The molecular formula is C12H15BrN2O3. The van der Waals surface area contributed by atoms with Gasteiger partial charge in [0.25, 0.3) is 5.91 Å². The Labute approximate surface area is 114 Å². The first-order chi connectivity index (χ1) is 8.21. The van der Waals surface area contributed by atoms with Crippen LogP contribution in [0, 0.1) is 0 Å². The minimum absolute atomic E-state index is 0.326. The number of halogens is 1. The molecule has 1 aromatic heterocycles. The molecule has 0 radical (unpaired) electrons. The van der Waals surface area contributed by atoms with Crippen molar-refractivity contribution in [2.45, 2.75) is 26.3 Å². The standard InChI is InChI=1S/C12H15BrN2O3/c1-12(2,3)15(7-10(16)17)11(18)8-4-5-14-9(13)6-8/h4-6H,7H2,1-3H3,(H,16,17). The number of aromatic nitrogens is 1. The highest BCUT2D eigenvalue weighted by atomic mass is 79.9. The Balaban J connectivity index is 3.06. The van der Waals surface area contributed by atoms with Gasteiger partial charge in [-0.1, -0.05) is 0 Å². The van der Waals surface area contributed by atoms with Crippen LogP contribution in [0.1, 0.15) is 31.1 Å². The highest BCUT2D eigenvalue weighted by Gasteiger charge is 2.29. The quantitative estimate of drug-likeness (QED) is 0.868. The van der Waals surface area contributed by atoms with Crippen molar-refractivity contribution in [1.29, 1.82) is 0 Å². The molecule has 0 fully saturated rings. The summed E-state index contributed by atoms with van der Waals surface area (Å²) in [4.78, 5) is 28.4. The highest BCUT2D eigenvalue weighted by molar-refractivity contribution is 9.10. The van der Waals surface area contributed by atoms with E-state index in [9.17, 15) is 9.59 Å². The average Bonchev–Trinajstić information content (AvgIpc) is 2.23. The Bertz CT molecular complexity index is 469. The van der Waals surface area contributed by atoms with Gasteiger partial charge < -0.3 is 10.0 Å². The second-order valence-corrected chi connectivity index (χ2v) is 5.64. The number of pyridine rings is 1. The zero-order valence-corrected chi connectivity index (χ0v) is 12.1. The number of carbonyl (C=O) groups is 2. The van der Waals surface area contributed by atoms with E-state index in [1.165, 1.54) is 11.1 Å². The molecule has 18 heavy (non-hydrogen) atoms. The summed E-state index contributed by atoms with van der Waals surface area (Å²) in [5.41, 5.74) is -0.154. The molecule has 0 unspecified atom stereocenters. The predicted octanol–water partition coefficient (Wildman–Crippen LogP) is 2.17. The van der Waals surface area contributed by atoms with E-state index in [0.29, 0.717) is 10.2 Å². The second kappa shape index (κ2) is 5.48. The van der Waals surface area contributed by atoms with Crippen LogP contribution in [-0.4, -0.2) is 39.0 Å². The van der Waals surface area contributed by atoms with E-state index in [1.54, 1.807) is 32.9 Å². The lowest BCUT2D eigenvalue weighted by atomic mass is 10.0. The van der Waals surface area contributed by atoms with Crippen molar-refractivity contribution >= 4 is 27.8 Å². The lowest BCUT2D eigenvalue weighted by Gasteiger charge is -2.34. The number of carboxylic acid groups (broad SMARTS) is 1. The number of hydrogen-bond donors (Lipinski definition) is 1. The van der Waals surface area contributed by atoms with Crippen molar-refractivity contribution in [2.24, 2.45) is 0 Å². The molecule has 5 nitrogen and oxygen atoms in total. The fraction of sp³-hybridized carbons (Fsp3) is 0.417. The van der Waals surface area contributed by atoms with Crippen molar-refractivity contribution in [3.05, 3.63) is 28.5 Å². The Morgan fingerprint density at radius 2 is 2.06 bits per heavy atom. The average molecular weight is 315 g/mol. The summed E-state index contributed by atoms with van der Waals surface area (Å²) in [5.74, 6) is -1.36. The lowest BCUT2D eigenvalue weighted by Crippen LogP contribution is -2.48. The Hall–Kier alpha value is -1.43. The molecule has 1 N–H and O–H groups in total. The van der Waals surface area contributed by atoms with Crippen LogP contribution in [0.5, 0.6) is 0 Å². The van der Waals surface area contributed by atoms with Crippen LogP contribution >= 0.6 is 15.9 Å². The van der Waals surface area contributed by atoms with Crippen LogP contribution in [0.15, 0.2) is 22.9 Å². The van der Waals surface area contributed by atoms with E-state index >= 15 is 0 Å². The van der Waals surface area contributed by atoms with Gasteiger partial charge in [-0.05, 0) is 48.8 Å². The largest absolute Gasteiger partial charge is 0.480 e. The van der Waals surface area contributed by atoms with Crippen molar-refractivity contribution in [3.63, 3.8) is 0 Å². The number of carbonyl (C=O) groups excluding carboxylic acids is 1. The number of rotatable bonds is 3. The fourth-order valence-corrected chi connectivity index (χ4v) is 1.81. The molecular weight excluding hydrogens is 300 g/mol. The molecule has 0 aliphatic heterocycles. The number of carboxylic acids is 1. The van der Waals surface area contributed by atoms with Crippen LogP contribution in [-0.2, 0) is 4.79 Å². The minimum Gasteiger partial charge on any atom is -0.480 e. The van der Waals surface area contributed by atoms with E-state index in [2.05, 4.69) is 20.9 Å². The highest BCUT2D eigenvalue weighted by Crippen LogP contribution is 2.18. The first-order valence-electron chi connectivity index (χ1n) is 5.37. The maximum atomic E-state index is 12.3. The van der Waals surface area contributed by atoms with Gasteiger partial charge in [-0.3, -0.25) is 9.59 Å². The van der Waals surface area contributed by atoms with Crippen LogP contribution in [0.3, 0.4) is 0 Å². The lowest BCUT2D eigenvalue weighted by molar-refractivity contribution is -0.138. The van der Waals surface area contributed by atoms with Gasteiger partial charge in [0.05, 0.1) is 0 Å². The van der Waals surface area contributed by atoms with Crippen molar-refractivity contribution in [3.8, 4) is 0 Å². The summed E-state index contributed by atoms with van der Waals surface area (Å²) in [6, 6.07) is 3.14. The topological polar surface area (TPSA) is 70.5 Å². The smallest absolute Gasteiger partial charge is 0.323 e. The fourth-order valence-electron chi connectivity index (χ4n) is 1.44. The van der Waals surface area contributed by atoms with Crippen molar-refractivity contribution in [2.75, 3.05) is 6.54 Å². The SMILES string of the molecule is CC(C)(C)N(CC(=O)O)C(=O)c1ccnc(Br)c1. The first-order valence-corrected chi connectivity index (χ1v) is 6.16. The van der Waals surface area contributed by atoms with Crippen molar-refractivity contribution in [1.82, 2.24) is 9.88 Å².